The molecule has 4 heteroatoms. The highest BCUT2D eigenvalue weighted by atomic mass is 16.5. The minimum absolute atomic E-state index is 0.0149. The van der Waals surface area contributed by atoms with Gasteiger partial charge in [-0.3, -0.25) is 4.79 Å². The highest BCUT2D eigenvalue weighted by molar-refractivity contribution is 5.96. The van der Waals surface area contributed by atoms with Crippen molar-refractivity contribution in [3.05, 3.63) is 60.2 Å². The summed E-state index contributed by atoms with van der Waals surface area (Å²) in [5, 5.41) is 0. The Hall–Kier alpha value is -2.33. The quantitative estimate of drug-likeness (QED) is 0.745. The van der Waals surface area contributed by atoms with Crippen LogP contribution in [0, 0.1) is 0 Å². The summed E-state index contributed by atoms with van der Waals surface area (Å²) in [6, 6.07) is 16.9. The van der Waals surface area contributed by atoms with Gasteiger partial charge in [-0.15, -0.1) is 0 Å². The fraction of sp³-hybridized carbons (Fsp3) is 0.381. The number of amides is 1. The molecule has 0 radical (unpaired) electrons. The van der Waals surface area contributed by atoms with Gasteiger partial charge in [0.15, 0.2) is 0 Å². The van der Waals surface area contributed by atoms with Crippen molar-refractivity contribution >= 4 is 5.91 Å². The van der Waals surface area contributed by atoms with E-state index < -0.39 is 0 Å². The fourth-order valence-corrected chi connectivity index (χ4v) is 3.08. The summed E-state index contributed by atoms with van der Waals surface area (Å²) >= 11 is 0. The highest BCUT2D eigenvalue weighted by Crippen LogP contribution is 2.26. The molecule has 1 aliphatic rings. The predicted octanol–water partition coefficient (Wildman–Crippen LogP) is 4.51. The lowest BCUT2D eigenvalue weighted by atomic mass is 10.1. The average Bonchev–Trinajstić information content (AvgIpc) is 3.16. The Morgan fingerprint density at radius 1 is 1.16 bits per heavy atom. The van der Waals surface area contributed by atoms with Crippen molar-refractivity contribution in [1.29, 1.82) is 0 Å². The molecule has 1 unspecified atom stereocenters. The lowest BCUT2D eigenvalue weighted by molar-refractivity contribution is 0.0761. The summed E-state index contributed by atoms with van der Waals surface area (Å²) in [6.45, 7) is 1.60. The van der Waals surface area contributed by atoms with Gasteiger partial charge in [0.05, 0.1) is 11.7 Å². The van der Waals surface area contributed by atoms with Crippen LogP contribution >= 0.6 is 0 Å². The third-order valence-electron chi connectivity index (χ3n) is 4.48. The van der Waals surface area contributed by atoms with Gasteiger partial charge < -0.3 is 14.4 Å². The van der Waals surface area contributed by atoms with Gasteiger partial charge in [-0.2, -0.15) is 0 Å². The Bertz CT molecular complexity index is 681. The van der Waals surface area contributed by atoms with E-state index in [-0.39, 0.29) is 5.91 Å². The molecular formula is C21H25NO3. The van der Waals surface area contributed by atoms with Gasteiger partial charge in [0.1, 0.15) is 11.5 Å². The highest BCUT2D eigenvalue weighted by Gasteiger charge is 2.19. The largest absolute Gasteiger partial charge is 0.457 e. The number of para-hydroxylation sites is 2. The zero-order valence-electron chi connectivity index (χ0n) is 14.7. The van der Waals surface area contributed by atoms with Crippen molar-refractivity contribution in [3.63, 3.8) is 0 Å². The number of hydrogen-bond acceptors (Lipinski definition) is 3. The standard InChI is InChI=1S/C21H25NO3/c1-22(15-7-11-17-12-8-16-24-17)21(23)19-13-5-6-14-20(19)25-18-9-3-2-4-10-18/h2-6,9-10,13-14,17H,7-8,11-12,15-16H2,1H3. The maximum Gasteiger partial charge on any atom is 0.257 e. The lowest BCUT2D eigenvalue weighted by Crippen LogP contribution is -2.28. The molecule has 1 aliphatic heterocycles. The van der Waals surface area contributed by atoms with Crippen molar-refractivity contribution < 1.29 is 14.3 Å². The monoisotopic (exact) mass is 339 g/mol. The van der Waals surface area contributed by atoms with E-state index in [0.29, 0.717) is 17.4 Å². The number of ether oxygens (including phenoxy) is 2. The van der Waals surface area contributed by atoms with Crippen molar-refractivity contribution in [1.82, 2.24) is 4.90 Å². The minimum Gasteiger partial charge on any atom is -0.457 e. The second-order valence-corrected chi connectivity index (χ2v) is 6.42. The summed E-state index contributed by atoms with van der Waals surface area (Å²) < 4.78 is 11.5. The Morgan fingerprint density at radius 3 is 2.68 bits per heavy atom. The third kappa shape index (κ3) is 4.83. The SMILES string of the molecule is CN(CCCC1CCCO1)C(=O)c1ccccc1Oc1ccccc1. The van der Waals surface area contributed by atoms with E-state index in [9.17, 15) is 4.79 Å². The number of carbonyl (C=O) groups is 1. The molecule has 1 amide bonds. The van der Waals surface area contributed by atoms with Crippen LogP contribution in [-0.4, -0.2) is 37.1 Å². The van der Waals surface area contributed by atoms with Gasteiger partial charge in [-0.1, -0.05) is 30.3 Å². The van der Waals surface area contributed by atoms with E-state index in [1.54, 1.807) is 4.90 Å². The molecule has 1 atom stereocenters. The predicted molar refractivity (Wildman–Crippen MR) is 98.1 cm³/mol. The molecule has 132 valence electrons. The Kier molecular flexibility index (Phi) is 6.07. The van der Waals surface area contributed by atoms with Crippen LogP contribution in [0.3, 0.4) is 0 Å². The van der Waals surface area contributed by atoms with Crippen LogP contribution < -0.4 is 4.74 Å². The first-order valence-corrected chi connectivity index (χ1v) is 8.93. The van der Waals surface area contributed by atoms with E-state index in [1.807, 2.05) is 61.6 Å². The van der Waals surface area contributed by atoms with E-state index in [4.69, 9.17) is 9.47 Å². The van der Waals surface area contributed by atoms with Crippen LogP contribution in [-0.2, 0) is 4.74 Å². The Balaban J connectivity index is 1.60. The second kappa shape index (κ2) is 8.67. The molecule has 1 fully saturated rings. The van der Waals surface area contributed by atoms with Crippen LogP contribution in [0.25, 0.3) is 0 Å². The van der Waals surface area contributed by atoms with Crippen LogP contribution in [0.4, 0.5) is 0 Å². The molecule has 4 nitrogen and oxygen atoms in total. The molecule has 1 heterocycles. The van der Waals surface area contributed by atoms with Crippen LogP contribution in [0.2, 0.25) is 0 Å². The fourth-order valence-electron chi connectivity index (χ4n) is 3.08. The summed E-state index contributed by atoms with van der Waals surface area (Å²) in [4.78, 5) is 14.6. The number of hydrogen-bond donors (Lipinski definition) is 0. The van der Waals surface area contributed by atoms with E-state index in [2.05, 4.69) is 0 Å². The van der Waals surface area contributed by atoms with Crippen LogP contribution in [0.1, 0.15) is 36.0 Å². The summed E-state index contributed by atoms with van der Waals surface area (Å²) in [5.41, 5.74) is 0.589. The number of benzene rings is 2. The van der Waals surface area contributed by atoms with Gasteiger partial charge in [0, 0.05) is 20.2 Å². The van der Waals surface area contributed by atoms with E-state index in [0.717, 1.165) is 44.6 Å². The molecule has 0 aromatic heterocycles. The van der Waals surface area contributed by atoms with Crippen LogP contribution in [0.15, 0.2) is 54.6 Å². The molecule has 3 rings (SSSR count). The van der Waals surface area contributed by atoms with Crippen molar-refractivity contribution in [2.45, 2.75) is 31.8 Å². The first-order chi connectivity index (χ1) is 12.2. The first-order valence-electron chi connectivity index (χ1n) is 8.93. The molecule has 0 aliphatic carbocycles. The zero-order chi connectivity index (χ0) is 17.5. The normalized spacial score (nSPS) is 16.6. The van der Waals surface area contributed by atoms with Crippen molar-refractivity contribution in [3.8, 4) is 11.5 Å². The van der Waals surface area contributed by atoms with E-state index >= 15 is 0 Å². The molecule has 2 aromatic carbocycles. The number of rotatable bonds is 7. The first kappa shape index (κ1) is 17.5. The molecule has 1 saturated heterocycles. The van der Waals surface area contributed by atoms with Gasteiger partial charge in [0.25, 0.3) is 5.91 Å². The number of carbonyl (C=O) groups excluding carboxylic acids is 1. The van der Waals surface area contributed by atoms with Crippen molar-refractivity contribution in [2.24, 2.45) is 0 Å². The third-order valence-corrected chi connectivity index (χ3v) is 4.48. The van der Waals surface area contributed by atoms with Gasteiger partial charge in [-0.25, -0.2) is 0 Å². The molecule has 0 N–H and O–H groups in total. The second-order valence-electron chi connectivity index (χ2n) is 6.42. The lowest BCUT2D eigenvalue weighted by Gasteiger charge is -2.20. The molecule has 0 saturated carbocycles. The maximum atomic E-state index is 12.8. The zero-order valence-corrected chi connectivity index (χ0v) is 14.7. The molecule has 2 aromatic rings. The Morgan fingerprint density at radius 2 is 1.92 bits per heavy atom. The molecular weight excluding hydrogens is 314 g/mol. The van der Waals surface area contributed by atoms with Gasteiger partial charge in [0.2, 0.25) is 0 Å². The average molecular weight is 339 g/mol. The minimum atomic E-state index is -0.0149. The van der Waals surface area contributed by atoms with Gasteiger partial charge >= 0.3 is 0 Å². The summed E-state index contributed by atoms with van der Waals surface area (Å²) in [6.07, 6.45) is 4.64. The number of nitrogens with zero attached hydrogens (tertiary/aromatic N) is 1. The Labute approximate surface area is 149 Å². The van der Waals surface area contributed by atoms with Gasteiger partial charge in [-0.05, 0) is 49.9 Å². The molecule has 0 bridgehead atoms. The molecule has 0 spiro atoms. The topological polar surface area (TPSA) is 38.8 Å². The molecule has 25 heavy (non-hydrogen) atoms. The summed E-state index contributed by atoms with van der Waals surface area (Å²) in [5.74, 6) is 1.30. The van der Waals surface area contributed by atoms with Crippen LogP contribution in [0.5, 0.6) is 11.5 Å². The maximum absolute atomic E-state index is 12.8. The summed E-state index contributed by atoms with van der Waals surface area (Å²) in [7, 11) is 1.84. The smallest absolute Gasteiger partial charge is 0.257 e. The van der Waals surface area contributed by atoms with Crippen molar-refractivity contribution in [2.75, 3.05) is 20.2 Å². The van der Waals surface area contributed by atoms with E-state index in [1.165, 1.54) is 0 Å².